The number of rotatable bonds is 8. The molecular weight excluding hydrogens is 308 g/mol. The van der Waals surface area contributed by atoms with Crippen LogP contribution in [0.5, 0.6) is 0 Å². The lowest BCUT2D eigenvalue weighted by Crippen LogP contribution is -2.47. The second kappa shape index (κ2) is 9.06. The lowest BCUT2D eigenvalue weighted by molar-refractivity contribution is -0.134. The maximum Gasteiger partial charge on any atom is 0.331 e. The van der Waals surface area contributed by atoms with Crippen molar-refractivity contribution in [3.8, 4) is 6.07 Å². The van der Waals surface area contributed by atoms with Gasteiger partial charge in [0.25, 0.3) is 5.56 Å². The predicted octanol–water partition coefficient (Wildman–Crippen LogP) is 1.33. The number of unbranched alkanes of at least 4 members (excludes halogenated alkanes) is 1. The van der Waals surface area contributed by atoms with Crippen LogP contribution in [0.4, 0.5) is 0 Å². The molecule has 0 aromatic carbocycles. The first-order valence-electron chi connectivity index (χ1n) is 8.44. The van der Waals surface area contributed by atoms with Crippen molar-refractivity contribution >= 4 is 5.91 Å². The number of amides is 1. The Balaban J connectivity index is 3.23. The van der Waals surface area contributed by atoms with E-state index in [-0.39, 0.29) is 24.1 Å². The fraction of sp³-hybridized carbons (Fsp3) is 0.647. The average molecular weight is 334 g/mol. The molecule has 0 aliphatic rings. The quantitative estimate of drug-likeness (QED) is 0.717. The van der Waals surface area contributed by atoms with Crippen LogP contribution in [-0.2, 0) is 17.9 Å². The van der Waals surface area contributed by atoms with E-state index in [0.29, 0.717) is 13.1 Å². The van der Waals surface area contributed by atoms with Crippen LogP contribution in [0.15, 0.2) is 15.8 Å². The predicted molar refractivity (Wildman–Crippen MR) is 91.7 cm³/mol. The highest BCUT2D eigenvalue weighted by atomic mass is 16.2. The summed E-state index contributed by atoms with van der Waals surface area (Å²) in [6, 6.07) is 1.82. The molecule has 0 bridgehead atoms. The number of nitriles is 1. The summed E-state index contributed by atoms with van der Waals surface area (Å²) in [5.74, 6) is -0.269. The first kappa shape index (κ1) is 19.7. The Morgan fingerprint density at radius 2 is 2.00 bits per heavy atom. The summed E-state index contributed by atoms with van der Waals surface area (Å²) in [6.45, 7) is 8.31. The minimum atomic E-state index is -0.708. The molecule has 7 heteroatoms. The summed E-state index contributed by atoms with van der Waals surface area (Å²) in [5, 5.41) is 9.07. The van der Waals surface area contributed by atoms with E-state index in [9.17, 15) is 14.4 Å². The Bertz CT molecular complexity index is 727. The second-order valence-electron chi connectivity index (χ2n) is 5.81. The van der Waals surface area contributed by atoms with Gasteiger partial charge >= 0.3 is 5.69 Å². The molecule has 0 radical (unpaired) electrons. The summed E-state index contributed by atoms with van der Waals surface area (Å²) in [6.07, 6.45) is 3.85. The van der Waals surface area contributed by atoms with Gasteiger partial charge < -0.3 is 4.90 Å². The van der Waals surface area contributed by atoms with E-state index >= 15 is 0 Å². The number of nitrogens with zero attached hydrogens (tertiary/aromatic N) is 4. The molecular formula is C17H26N4O3. The zero-order chi connectivity index (χ0) is 18.3. The normalized spacial score (nSPS) is 11.8. The number of hydrogen-bond acceptors (Lipinski definition) is 4. The second-order valence-corrected chi connectivity index (χ2v) is 5.81. The molecule has 24 heavy (non-hydrogen) atoms. The summed E-state index contributed by atoms with van der Waals surface area (Å²) in [5.41, 5.74) is -1.40. The number of aryl methyl sites for hydroxylation is 1. The van der Waals surface area contributed by atoms with E-state index in [0.717, 1.165) is 23.8 Å². The zero-order valence-electron chi connectivity index (χ0n) is 14.9. The molecule has 0 fully saturated rings. The van der Waals surface area contributed by atoms with Crippen LogP contribution < -0.4 is 11.2 Å². The van der Waals surface area contributed by atoms with Crippen LogP contribution in [0.25, 0.3) is 0 Å². The third-order valence-electron chi connectivity index (χ3n) is 4.19. The largest absolute Gasteiger partial charge is 0.338 e. The first-order valence-corrected chi connectivity index (χ1v) is 8.44. The van der Waals surface area contributed by atoms with Gasteiger partial charge in [0, 0.05) is 25.3 Å². The first-order chi connectivity index (χ1) is 11.4. The Hall–Kier alpha value is -2.36. The van der Waals surface area contributed by atoms with Gasteiger partial charge in [0.2, 0.25) is 5.91 Å². The van der Waals surface area contributed by atoms with Crippen molar-refractivity contribution in [1.29, 1.82) is 5.26 Å². The van der Waals surface area contributed by atoms with Gasteiger partial charge in [-0.05, 0) is 26.7 Å². The van der Waals surface area contributed by atoms with E-state index in [1.54, 1.807) is 17.9 Å². The molecule has 1 atom stereocenters. The smallest absolute Gasteiger partial charge is 0.331 e. The molecule has 7 nitrogen and oxygen atoms in total. The number of aromatic nitrogens is 2. The van der Waals surface area contributed by atoms with Gasteiger partial charge in [-0.15, -0.1) is 0 Å². The van der Waals surface area contributed by atoms with Gasteiger partial charge in [0.05, 0.1) is 0 Å². The SMILES string of the molecule is CCCCN(C(=O)Cn1c(=O)c(C#N)cn(CC)c1=O)[C@@H](C)CC. The van der Waals surface area contributed by atoms with Crippen molar-refractivity contribution in [3.05, 3.63) is 32.6 Å². The van der Waals surface area contributed by atoms with Crippen LogP contribution in [0, 0.1) is 11.3 Å². The van der Waals surface area contributed by atoms with Crippen molar-refractivity contribution in [2.24, 2.45) is 0 Å². The summed E-state index contributed by atoms with van der Waals surface area (Å²) >= 11 is 0. The number of carbonyl (C=O) groups is 1. The standard InChI is InChI=1S/C17H26N4O3/c1-5-8-9-20(13(4)6-2)15(22)12-21-16(23)14(10-18)11-19(7-3)17(21)24/h11,13H,5-9,12H2,1-4H3/t13-/m0/s1. The molecule has 0 unspecified atom stereocenters. The van der Waals surface area contributed by atoms with Crippen LogP contribution in [0.3, 0.4) is 0 Å². The fourth-order valence-corrected chi connectivity index (χ4v) is 2.46. The van der Waals surface area contributed by atoms with E-state index < -0.39 is 11.2 Å². The highest BCUT2D eigenvalue weighted by Crippen LogP contribution is 2.07. The van der Waals surface area contributed by atoms with Gasteiger partial charge in [-0.25, -0.2) is 9.36 Å². The maximum atomic E-state index is 12.7. The molecule has 132 valence electrons. The van der Waals surface area contributed by atoms with Crippen molar-refractivity contribution < 1.29 is 4.79 Å². The van der Waals surface area contributed by atoms with Gasteiger partial charge in [-0.3, -0.25) is 14.2 Å². The monoisotopic (exact) mass is 334 g/mol. The molecule has 0 saturated carbocycles. The Labute approximate surface area is 142 Å². The van der Waals surface area contributed by atoms with E-state index in [1.807, 2.05) is 20.8 Å². The van der Waals surface area contributed by atoms with Crippen LogP contribution >= 0.6 is 0 Å². The molecule has 0 N–H and O–H groups in total. The maximum absolute atomic E-state index is 12.7. The Kier molecular flexibility index (Phi) is 7.43. The lowest BCUT2D eigenvalue weighted by atomic mass is 10.2. The lowest BCUT2D eigenvalue weighted by Gasteiger charge is -2.28. The Morgan fingerprint density at radius 3 is 2.50 bits per heavy atom. The summed E-state index contributed by atoms with van der Waals surface area (Å²) < 4.78 is 2.14. The van der Waals surface area contributed by atoms with Crippen LogP contribution in [-0.4, -0.2) is 32.5 Å². The summed E-state index contributed by atoms with van der Waals surface area (Å²) in [4.78, 5) is 39.0. The molecule has 1 amide bonds. The molecule has 0 aliphatic carbocycles. The minimum absolute atomic E-state index is 0.0345. The van der Waals surface area contributed by atoms with Crippen LogP contribution in [0.2, 0.25) is 0 Å². The third kappa shape index (κ3) is 4.34. The summed E-state index contributed by atoms with van der Waals surface area (Å²) in [7, 11) is 0. The van der Waals surface area contributed by atoms with E-state index in [1.165, 1.54) is 10.8 Å². The highest BCUT2D eigenvalue weighted by molar-refractivity contribution is 5.76. The van der Waals surface area contributed by atoms with E-state index in [4.69, 9.17) is 5.26 Å². The minimum Gasteiger partial charge on any atom is -0.338 e. The van der Waals surface area contributed by atoms with E-state index in [2.05, 4.69) is 0 Å². The molecule has 1 aromatic rings. The van der Waals surface area contributed by atoms with Crippen LogP contribution in [0.1, 0.15) is 52.5 Å². The number of carbonyl (C=O) groups excluding carboxylic acids is 1. The molecule has 1 rings (SSSR count). The highest BCUT2D eigenvalue weighted by Gasteiger charge is 2.21. The van der Waals surface area contributed by atoms with Gasteiger partial charge in [-0.2, -0.15) is 5.26 Å². The molecule has 0 aliphatic heterocycles. The molecule has 0 saturated heterocycles. The topological polar surface area (TPSA) is 88.1 Å². The fourth-order valence-electron chi connectivity index (χ4n) is 2.46. The van der Waals surface area contributed by atoms with Crippen molar-refractivity contribution in [3.63, 3.8) is 0 Å². The van der Waals surface area contributed by atoms with Gasteiger partial charge in [-0.1, -0.05) is 20.3 Å². The van der Waals surface area contributed by atoms with Gasteiger partial charge in [0.15, 0.2) is 0 Å². The molecule has 1 aromatic heterocycles. The third-order valence-corrected chi connectivity index (χ3v) is 4.19. The van der Waals surface area contributed by atoms with Gasteiger partial charge in [0.1, 0.15) is 18.2 Å². The van der Waals surface area contributed by atoms with Crippen molar-refractivity contribution in [2.75, 3.05) is 6.54 Å². The number of hydrogen-bond donors (Lipinski definition) is 0. The molecule has 0 spiro atoms. The van der Waals surface area contributed by atoms with Crippen molar-refractivity contribution in [2.45, 2.75) is 66.1 Å². The molecule has 1 heterocycles. The zero-order valence-corrected chi connectivity index (χ0v) is 14.9. The average Bonchev–Trinajstić information content (AvgIpc) is 2.58. The van der Waals surface area contributed by atoms with Crippen molar-refractivity contribution in [1.82, 2.24) is 14.0 Å². The Morgan fingerprint density at radius 1 is 1.33 bits per heavy atom.